The van der Waals surface area contributed by atoms with Gasteiger partial charge in [-0.05, 0) is 25.5 Å². The number of imidazole rings is 1. The van der Waals surface area contributed by atoms with Gasteiger partial charge >= 0.3 is 0 Å². The fraction of sp³-hybridized carbons (Fsp3) is 0.412. The second-order valence-corrected chi connectivity index (χ2v) is 7.27. The highest BCUT2D eigenvalue weighted by molar-refractivity contribution is 7.11. The third-order valence-electron chi connectivity index (χ3n) is 3.79. The van der Waals surface area contributed by atoms with Crippen molar-refractivity contribution in [3.05, 3.63) is 58.6 Å². The Kier molecular flexibility index (Phi) is 5.25. The van der Waals surface area contributed by atoms with Crippen LogP contribution in [0, 0.1) is 6.92 Å². The molecule has 0 fully saturated rings. The third kappa shape index (κ3) is 4.77. The summed E-state index contributed by atoms with van der Waals surface area (Å²) in [7, 11) is 1.97. The molecule has 0 radical (unpaired) electrons. The van der Waals surface area contributed by atoms with Crippen LogP contribution in [0.25, 0.3) is 0 Å². The topological polar surface area (TPSA) is 38.9 Å². The van der Waals surface area contributed by atoms with E-state index in [4.69, 9.17) is 0 Å². The van der Waals surface area contributed by atoms with E-state index in [0.29, 0.717) is 0 Å². The minimum Gasteiger partial charge on any atom is -0.337 e. The normalized spacial score (nSPS) is 11.4. The monoisotopic (exact) mass is 329 g/mol. The van der Waals surface area contributed by atoms with Crippen LogP contribution < -0.4 is 0 Å². The van der Waals surface area contributed by atoms with E-state index in [1.807, 2.05) is 48.0 Å². The summed E-state index contributed by atoms with van der Waals surface area (Å²) in [4.78, 5) is 9.40. The average Bonchev–Trinajstić information content (AvgIpc) is 3.23. The zero-order valence-corrected chi connectivity index (χ0v) is 14.5. The van der Waals surface area contributed by atoms with Crippen LogP contribution in [0.4, 0.5) is 0 Å². The number of hydrogen-bond acceptors (Lipinski definition) is 4. The van der Waals surface area contributed by atoms with Gasteiger partial charge in [0.15, 0.2) is 0 Å². The molecular weight excluding hydrogens is 306 g/mol. The first-order valence-electron chi connectivity index (χ1n) is 7.90. The summed E-state index contributed by atoms with van der Waals surface area (Å²) >= 11 is 1.89. The number of hydrogen-bond donors (Lipinski definition) is 0. The van der Waals surface area contributed by atoms with Crippen molar-refractivity contribution in [2.24, 2.45) is 7.05 Å². The lowest BCUT2D eigenvalue weighted by Crippen LogP contribution is -2.24. The van der Waals surface area contributed by atoms with E-state index >= 15 is 0 Å². The predicted octanol–water partition coefficient (Wildman–Crippen LogP) is 3.08. The molecule has 6 heteroatoms. The van der Waals surface area contributed by atoms with Crippen molar-refractivity contribution in [3.63, 3.8) is 0 Å². The van der Waals surface area contributed by atoms with E-state index in [-0.39, 0.29) is 0 Å². The van der Waals surface area contributed by atoms with Gasteiger partial charge in [-0.2, -0.15) is 5.10 Å². The molecule has 0 amide bonds. The van der Waals surface area contributed by atoms with E-state index in [1.54, 1.807) is 0 Å². The summed E-state index contributed by atoms with van der Waals surface area (Å²) in [6, 6.07) is 4.44. The van der Waals surface area contributed by atoms with E-state index in [0.717, 1.165) is 32.6 Å². The Morgan fingerprint density at radius 2 is 2.17 bits per heavy atom. The van der Waals surface area contributed by atoms with Gasteiger partial charge in [-0.3, -0.25) is 9.58 Å². The van der Waals surface area contributed by atoms with Crippen LogP contribution in [0.1, 0.15) is 21.7 Å². The summed E-state index contributed by atoms with van der Waals surface area (Å²) in [6.45, 7) is 6.17. The van der Waals surface area contributed by atoms with E-state index < -0.39 is 0 Å². The molecule has 0 aliphatic carbocycles. The largest absolute Gasteiger partial charge is 0.337 e. The van der Waals surface area contributed by atoms with Gasteiger partial charge in [0.25, 0.3) is 0 Å². The fourth-order valence-electron chi connectivity index (χ4n) is 2.71. The summed E-state index contributed by atoms with van der Waals surface area (Å²) in [5, 5.41) is 4.28. The fourth-order valence-corrected chi connectivity index (χ4v) is 3.64. The molecule has 0 aliphatic heterocycles. The Labute approximate surface area is 141 Å². The van der Waals surface area contributed by atoms with E-state index in [1.165, 1.54) is 15.3 Å². The Morgan fingerprint density at radius 3 is 2.83 bits per heavy atom. The third-order valence-corrected chi connectivity index (χ3v) is 4.78. The lowest BCUT2D eigenvalue weighted by atomic mass is 10.3. The van der Waals surface area contributed by atoms with Crippen molar-refractivity contribution in [2.45, 2.75) is 33.0 Å². The standard InChI is InChI=1S/C17H23N5S/c1-15-4-5-17(23-15)13-22(12-16-10-19-20(2)11-16)8-3-7-21-9-6-18-14-21/h4-6,9-11,14H,3,7-8,12-13H2,1-2H3. The maximum atomic E-state index is 4.28. The number of thiophene rings is 1. The second-order valence-electron chi connectivity index (χ2n) is 5.90. The van der Waals surface area contributed by atoms with Gasteiger partial charge in [0, 0.05) is 67.1 Å². The zero-order valence-electron chi connectivity index (χ0n) is 13.7. The molecule has 0 aromatic carbocycles. The minimum absolute atomic E-state index is 0.939. The van der Waals surface area contributed by atoms with Crippen molar-refractivity contribution in [1.82, 2.24) is 24.2 Å². The molecule has 3 heterocycles. The zero-order chi connectivity index (χ0) is 16.1. The van der Waals surface area contributed by atoms with Gasteiger partial charge in [-0.1, -0.05) is 0 Å². The van der Waals surface area contributed by atoms with E-state index in [2.05, 4.69) is 44.8 Å². The molecule has 0 unspecified atom stereocenters. The number of rotatable bonds is 8. The molecule has 23 heavy (non-hydrogen) atoms. The number of aromatic nitrogens is 4. The van der Waals surface area contributed by atoms with Crippen molar-refractivity contribution < 1.29 is 0 Å². The Hall–Kier alpha value is -1.92. The maximum absolute atomic E-state index is 4.28. The van der Waals surface area contributed by atoms with Gasteiger partial charge in [0.1, 0.15) is 0 Å². The number of aryl methyl sites for hydroxylation is 3. The van der Waals surface area contributed by atoms with Gasteiger partial charge in [0.2, 0.25) is 0 Å². The lowest BCUT2D eigenvalue weighted by molar-refractivity contribution is 0.250. The molecule has 0 saturated carbocycles. The molecule has 0 saturated heterocycles. The Morgan fingerprint density at radius 1 is 1.26 bits per heavy atom. The molecule has 0 spiro atoms. The first kappa shape index (κ1) is 16.0. The number of nitrogens with zero attached hydrogens (tertiary/aromatic N) is 5. The van der Waals surface area contributed by atoms with E-state index in [9.17, 15) is 0 Å². The first-order valence-corrected chi connectivity index (χ1v) is 8.71. The van der Waals surface area contributed by atoms with Gasteiger partial charge in [-0.25, -0.2) is 4.98 Å². The van der Waals surface area contributed by atoms with Crippen molar-refractivity contribution >= 4 is 11.3 Å². The highest BCUT2D eigenvalue weighted by atomic mass is 32.1. The molecule has 0 bridgehead atoms. The summed E-state index contributed by atoms with van der Waals surface area (Å²) in [5.74, 6) is 0. The smallest absolute Gasteiger partial charge is 0.0945 e. The average molecular weight is 329 g/mol. The lowest BCUT2D eigenvalue weighted by Gasteiger charge is -2.21. The highest BCUT2D eigenvalue weighted by Crippen LogP contribution is 2.18. The molecule has 122 valence electrons. The molecule has 0 N–H and O–H groups in total. The molecule has 0 aliphatic rings. The van der Waals surface area contributed by atoms with Crippen molar-refractivity contribution in [2.75, 3.05) is 6.54 Å². The maximum Gasteiger partial charge on any atom is 0.0945 e. The SMILES string of the molecule is Cc1ccc(CN(CCCn2ccnc2)Cc2cnn(C)c2)s1. The van der Waals surface area contributed by atoms with Gasteiger partial charge in [0.05, 0.1) is 12.5 Å². The predicted molar refractivity (Wildman–Crippen MR) is 93.2 cm³/mol. The van der Waals surface area contributed by atoms with Crippen LogP contribution >= 0.6 is 11.3 Å². The molecular formula is C17H23N5S. The summed E-state index contributed by atoms with van der Waals surface area (Å²) in [6.07, 6.45) is 10.9. The van der Waals surface area contributed by atoms with Gasteiger partial charge < -0.3 is 4.57 Å². The minimum atomic E-state index is 0.939. The Balaban J connectivity index is 1.59. The van der Waals surface area contributed by atoms with Crippen molar-refractivity contribution in [3.8, 4) is 0 Å². The van der Waals surface area contributed by atoms with Crippen LogP contribution in [0.3, 0.4) is 0 Å². The molecule has 0 atom stereocenters. The molecule has 3 aromatic rings. The van der Waals surface area contributed by atoms with Crippen LogP contribution in [0.5, 0.6) is 0 Å². The quantitative estimate of drug-likeness (QED) is 0.637. The van der Waals surface area contributed by atoms with Gasteiger partial charge in [-0.15, -0.1) is 11.3 Å². The molecule has 3 aromatic heterocycles. The summed E-state index contributed by atoms with van der Waals surface area (Å²) < 4.78 is 4.01. The molecule has 3 rings (SSSR count). The van der Waals surface area contributed by atoms with Crippen molar-refractivity contribution in [1.29, 1.82) is 0 Å². The highest BCUT2D eigenvalue weighted by Gasteiger charge is 2.10. The Bertz CT molecular complexity index is 671. The van der Waals surface area contributed by atoms with Crippen LogP contribution in [0.15, 0.2) is 43.2 Å². The van der Waals surface area contributed by atoms with Crippen LogP contribution in [-0.4, -0.2) is 30.8 Å². The first-order chi connectivity index (χ1) is 11.2. The summed E-state index contributed by atoms with van der Waals surface area (Å²) in [5.41, 5.74) is 1.27. The van der Waals surface area contributed by atoms with Crippen LogP contribution in [0.2, 0.25) is 0 Å². The second kappa shape index (κ2) is 7.57. The molecule has 5 nitrogen and oxygen atoms in total. The van der Waals surface area contributed by atoms with Crippen LogP contribution in [-0.2, 0) is 26.7 Å².